The first kappa shape index (κ1) is 36.6. The number of hydrogen-bond donors (Lipinski definition) is 0. The molecule has 0 aromatic heterocycles. The van der Waals surface area contributed by atoms with Crippen molar-refractivity contribution in [2.45, 2.75) is 0 Å². The molecule has 0 amide bonds. The summed E-state index contributed by atoms with van der Waals surface area (Å²) in [5.41, 5.74) is 13.0. The fourth-order valence-electron chi connectivity index (χ4n) is 9.64. The highest BCUT2D eigenvalue weighted by Crippen LogP contribution is 2.41. The summed E-state index contributed by atoms with van der Waals surface area (Å²) >= 11 is 0. The summed E-state index contributed by atoms with van der Waals surface area (Å²) in [7, 11) is 0. The van der Waals surface area contributed by atoms with E-state index < -0.39 is 0 Å². The van der Waals surface area contributed by atoms with Crippen molar-refractivity contribution >= 4 is 70.9 Å². The van der Waals surface area contributed by atoms with Crippen molar-refractivity contribution in [1.82, 2.24) is 0 Å². The number of nitrogens with zero attached hydrogens (tertiary/aromatic N) is 1. The molecule has 0 bridgehead atoms. The lowest BCUT2D eigenvalue weighted by molar-refractivity contribution is 1.28. The van der Waals surface area contributed by atoms with Crippen LogP contribution in [0.4, 0.5) is 17.1 Å². The molecule has 0 aliphatic heterocycles. The summed E-state index contributed by atoms with van der Waals surface area (Å²) in [5, 5.41) is 12.7. The maximum absolute atomic E-state index is 2.37. The van der Waals surface area contributed by atoms with E-state index in [0.29, 0.717) is 0 Å². The van der Waals surface area contributed by atoms with Crippen LogP contribution in [0.5, 0.6) is 0 Å². The standard InChI is InChI=1S/C62H41N/c1-2-12-48-39-49(26-23-42(48)11-1)45-29-35-53(36-30-45)63(54-37-31-47(32-38-54)62-41-51-14-4-6-16-56(51)58-18-8-10-20-60(58)62)52-33-27-44(28-34-52)43-21-24-46(25-22-43)61-40-50-13-3-5-15-55(50)57-17-7-9-19-59(57)61/h1-41H. The van der Waals surface area contributed by atoms with E-state index in [-0.39, 0.29) is 0 Å². The van der Waals surface area contributed by atoms with Crippen molar-refractivity contribution in [3.63, 3.8) is 0 Å². The quantitative estimate of drug-likeness (QED) is 0.145. The predicted molar refractivity (Wildman–Crippen MR) is 270 cm³/mol. The van der Waals surface area contributed by atoms with Crippen LogP contribution >= 0.6 is 0 Å². The molecule has 0 saturated carbocycles. The van der Waals surface area contributed by atoms with Crippen molar-refractivity contribution < 1.29 is 0 Å². The van der Waals surface area contributed by atoms with Gasteiger partial charge in [-0.2, -0.15) is 0 Å². The Morgan fingerprint density at radius 1 is 0.190 bits per heavy atom. The van der Waals surface area contributed by atoms with Crippen LogP contribution in [0.3, 0.4) is 0 Å². The Kier molecular flexibility index (Phi) is 8.90. The largest absolute Gasteiger partial charge is 0.311 e. The van der Waals surface area contributed by atoms with E-state index in [9.17, 15) is 0 Å². The highest BCUT2D eigenvalue weighted by atomic mass is 15.1. The van der Waals surface area contributed by atoms with Crippen LogP contribution in [-0.4, -0.2) is 0 Å². The third-order valence-corrected chi connectivity index (χ3v) is 12.8. The molecule has 1 heteroatoms. The number of anilines is 3. The minimum absolute atomic E-state index is 1.10. The average Bonchev–Trinajstić information content (AvgIpc) is 3.36. The van der Waals surface area contributed by atoms with Crippen LogP contribution in [0.2, 0.25) is 0 Å². The summed E-state index contributed by atoms with van der Waals surface area (Å²) in [5.74, 6) is 0. The van der Waals surface area contributed by atoms with E-state index in [0.717, 1.165) is 17.1 Å². The second-order valence-electron chi connectivity index (χ2n) is 16.5. The molecule has 0 saturated heterocycles. The molecule has 0 fully saturated rings. The summed E-state index contributed by atoms with van der Waals surface area (Å²) in [4.78, 5) is 2.37. The molecule has 12 aromatic carbocycles. The lowest BCUT2D eigenvalue weighted by atomic mass is 9.92. The lowest BCUT2D eigenvalue weighted by Crippen LogP contribution is -2.09. The summed E-state index contributed by atoms with van der Waals surface area (Å²) in [6.07, 6.45) is 0. The number of rotatable bonds is 7. The van der Waals surface area contributed by atoms with Crippen molar-refractivity contribution in [1.29, 1.82) is 0 Å². The van der Waals surface area contributed by atoms with E-state index in [4.69, 9.17) is 0 Å². The van der Waals surface area contributed by atoms with Gasteiger partial charge in [0.15, 0.2) is 0 Å². The molecule has 0 heterocycles. The van der Waals surface area contributed by atoms with Gasteiger partial charge in [0, 0.05) is 17.1 Å². The molecule has 0 atom stereocenters. The fraction of sp³-hybridized carbons (Fsp3) is 0. The third kappa shape index (κ3) is 6.59. The zero-order chi connectivity index (χ0) is 41.7. The van der Waals surface area contributed by atoms with Gasteiger partial charge < -0.3 is 4.90 Å². The molecule has 0 unspecified atom stereocenters. The van der Waals surface area contributed by atoms with Gasteiger partial charge in [-0.1, -0.05) is 194 Å². The van der Waals surface area contributed by atoms with Gasteiger partial charge in [0.25, 0.3) is 0 Å². The Bertz CT molecular complexity index is 3640. The molecular weight excluding hydrogens is 759 g/mol. The first-order valence-electron chi connectivity index (χ1n) is 21.7. The smallest absolute Gasteiger partial charge is 0.0462 e. The van der Waals surface area contributed by atoms with Crippen LogP contribution in [0, 0.1) is 0 Å². The first-order valence-corrected chi connectivity index (χ1v) is 21.7. The van der Waals surface area contributed by atoms with E-state index in [1.165, 1.54) is 98.4 Å². The maximum atomic E-state index is 2.37. The summed E-state index contributed by atoms with van der Waals surface area (Å²) in [6.45, 7) is 0. The van der Waals surface area contributed by atoms with Crippen molar-refractivity contribution in [3.8, 4) is 44.5 Å². The molecule has 1 nitrogen and oxygen atoms in total. The van der Waals surface area contributed by atoms with Crippen LogP contribution in [0.15, 0.2) is 249 Å². The van der Waals surface area contributed by atoms with E-state index >= 15 is 0 Å². The Hall–Kier alpha value is -8.26. The van der Waals surface area contributed by atoms with E-state index in [1.807, 2.05) is 0 Å². The van der Waals surface area contributed by atoms with Crippen molar-refractivity contribution in [2.24, 2.45) is 0 Å². The second kappa shape index (κ2) is 15.3. The number of benzene rings is 12. The van der Waals surface area contributed by atoms with Crippen LogP contribution < -0.4 is 4.90 Å². The van der Waals surface area contributed by atoms with Crippen LogP contribution in [0.25, 0.3) is 98.4 Å². The van der Waals surface area contributed by atoms with Gasteiger partial charge in [-0.15, -0.1) is 0 Å². The molecular formula is C62H41N. The molecule has 0 radical (unpaired) electrons. The monoisotopic (exact) mass is 799 g/mol. The SMILES string of the molecule is c1ccc2cc(-c3ccc(N(c4ccc(-c5ccc(-c6cc7ccccc7c7ccccc67)cc5)cc4)c4ccc(-c5cc6ccccc6c6ccccc56)cc4)cc3)ccc2c1. The minimum Gasteiger partial charge on any atom is -0.311 e. The molecule has 0 N–H and O–H groups in total. The molecule has 63 heavy (non-hydrogen) atoms. The lowest BCUT2D eigenvalue weighted by Gasteiger charge is -2.26. The van der Waals surface area contributed by atoms with Gasteiger partial charge in [-0.25, -0.2) is 0 Å². The zero-order valence-corrected chi connectivity index (χ0v) is 34.6. The topological polar surface area (TPSA) is 3.24 Å². The first-order chi connectivity index (χ1) is 31.2. The Balaban J connectivity index is 0.906. The number of fused-ring (bicyclic) bond motifs is 7. The molecule has 294 valence electrons. The van der Waals surface area contributed by atoms with Crippen molar-refractivity contribution in [2.75, 3.05) is 4.90 Å². The summed E-state index contributed by atoms with van der Waals surface area (Å²) < 4.78 is 0. The van der Waals surface area contributed by atoms with Gasteiger partial charge in [-0.05, 0) is 153 Å². The predicted octanol–water partition coefficient (Wildman–Crippen LogP) is 17.6. The molecule has 0 aliphatic carbocycles. The van der Waals surface area contributed by atoms with E-state index in [2.05, 4.69) is 254 Å². The number of hydrogen-bond acceptors (Lipinski definition) is 1. The van der Waals surface area contributed by atoms with Gasteiger partial charge >= 0.3 is 0 Å². The Morgan fingerprint density at radius 2 is 0.508 bits per heavy atom. The third-order valence-electron chi connectivity index (χ3n) is 12.8. The van der Waals surface area contributed by atoms with Gasteiger partial charge in [0.2, 0.25) is 0 Å². The van der Waals surface area contributed by atoms with Crippen molar-refractivity contribution in [3.05, 3.63) is 249 Å². The highest BCUT2D eigenvalue weighted by molar-refractivity contribution is 6.15. The minimum atomic E-state index is 1.10. The van der Waals surface area contributed by atoms with Gasteiger partial charge in [0.1, 0.15) is 0 Å². The van der Waals surface area contributed by atoms with E-state index in [1.54, 1.807) is 0 Å². The van der Waals surface area contributed by atoms with Crippen LogP contribution in [-0.2, 0) is 0 Å². The highest BCUT2D eigenvalue weighted by Gasteiger charge is 2.16. The maximum Gasteiger partial charge on any atom is 0.0462 e. The molecule has 12 rings (SSSR count). The molecule has 0 spiro atoms. The van der Waals surface area contributed by atoms with Gasteiger partial charge in [-0.3, -0.25) is 0 Å². The molecule has 12 aromatic rings. The summed E-state index contributed by atoms with van der Waals surface area (Å²) in [6, 6.07) is 91.0. The average molecular weight is 800 g/mol. The second-order valence-corrected chi connectivity index (χ2v) is 16.5. The normalized spacial score (nSPS) is 11.5. The van der Waals surface area contributed by atoms with Gasteiger partial charge in [0.05, 0.1) is 0 Å². The molecule has 0 aliphatic rings. The Morgan fingerprint density at radius 3 is 0.984 bits per heavy atom. The fourth-order valence-corrected chi connectivity index (χ4v) is 9.64. The Labute approximate surface area is 367 Å². The van der Waals surface area contributed by atoms with Crippen LogP contribution in [0.1, 0.15) is 0 Å². The zero-order valence-electron chi connectivity index (χ0n) is 34.6.